The van der Waals surface area contributed by atoms with Gasteiger partial charge >= 0.3 is 0 Å². The molecule has 1 aliphatic rings. The monoisotopic (exact) mass is 381 g/mol. The maximum atomic E-state index is 12.3. The Morgan fingerprint density at radius 2 is 2.08 bits per heavy atom. The van der Waals surface area contributed by atoms with Crippen LogP contribution in [0.1, 0.15) is 36.5 Å². The molecule has 6 nitrogen and oxygen atoms in total. The molecule has 1 unspecified atom stereocenters. The molecule has 1 saturated heterocycles. The maximum Gasteiger partial charge on any atom is 0.252 e. The number of carbonyl (C=O) groups excluding carboxylic acids is 2. The number of methoxy groups -OCH3 is 1. The zero-order valence-electron chi connectivity index (χ0n) is 15.4. The van der Waals surface area contributed by atoms with Crippen molar-refractivity contribution in [2.75, 3.05) is 38.7 Å². The molecule has 0 spiro atoms. The topological polar surface area (TPSA) is 79.5 Å². The van der Waals surface area contributed by atoms with E-state index < -0.39 is 0 Å². The highest BCUT2D eigenvalue weighted by atomic mass is 35.5. The Balaban J connectivity index is 1.87. The van der Waals surface area contributed by atoms with E-state index in [2.05, 4.69) is 22.9 Å². The fraction of sp³-hybridized carbons (Fsp3) is 0.579. The van der Waals surface area contributed by atoms with Gasteiger partial charge in [-0.2, -0.15) is 0 Å². The third-order valence-corrected chi connectivity index (χ3v) is 5.10. The second-order valence-electron chi connectivity index (χ2n) is 6.76. The number of piperidine rings is 1. The summed E-state index contributed by atoms with van der Waals surface area (Å²) in [5, 5.41) is 9.26. The number of halogens is 1. The first-order chi connectivity index (χ1) is 12.5. The minimum Gasteiger partial charge on any atom is -0.383 e. The van der Waals surface area contributed by atoms with Crippen LogP contribution in [-0.4, -0.2) is 45.2 Å². The van der Waals surface area contributed by atoms with Crippen molar-refractivity contribution in [2.24, 2.45) is 11.8 Å². The summed E-state index contributed by atoms with van der Waals surface area (Å²) in [5.74, 6) is 0.649. The Labute approximate surface area is 160 Å². The number of hydrogen-bond donors (Lipinski definition) is 3. The van der Waals surface area contributed by atoms with E-state index in [9.17, 15) is 9.59 Å². The van der Waals surface area contributed by atoms with Crippen LogP contribution >= 0.6 is 11.6 Å². The Hall–Kier alpha value is -1.63. The molecule has 144 valence electrons. The summed E-state index contributed by atoms with van der Waals surface area (Å²) >= 11 is 6.20. The number of hydrogen-bond acceptors (Lipinski definition) is 4. The first kappa shape index (κ1) is 20.7. The highest BCUT2D eigenvalue weighted by Crippen LogP contribution is 2.25. The van der Waals surface area contributed by atoms with Gasteiger partial charge in [-0.15, -0.1) is 0 Å². The third kappa shape index (κ3) is 6.27. The van der Waals surface area contributed by atoms with Gasteiger partial charge in [0.25, 0.3) is 5.91 Å². The molecule has 26 heavy (non-hydrogen) atoms. The van der Waals surface area contributed by atoms with E-state index >= 15 is 0 Å². The minimum absolute atomic E-state index is 0.0237. The molecule has 2 rings (SSSR count). The summed E-state index contributed by atoms with van der Waals surface area (Å²) in [6.45, 7) is 5.04. The van der Waals surface area contributed by atoms with Gasteiger partial charge < -0.3 is 20.7 Å². The zero-order valence-corrected chi connectivity index (χ0v) is 16.2. The minimum atomic E-state index is -0.260. The molecule has 1 aromatic carbocycles. The van der Waals surface area contributed by atoms with Gasteiger partial charge in [0.2, 0.25) is 5.91 Å². The molecule has 0 bridgehead atoms. The number of benzene rings is 1. The van der Waals surface area contributed by atoms with Crippen LogP contribution in [0.2, 0.25) is 5.02 Å². The summed E-state index contributed by atoms with van der Waals surface area (Å²) in [6.07, 6.45) is 2.72. The average molecular weight is 382 g/mol. The van der Waals surface area contributed by atoms with Gasteiger partial charge in [-0.05, 0) is 56.0 Å². The lowest BCUT2D eigenvalue weighted by Gasteiger charge is -2.27. The Morgan fingerprint density at radius 3 is 2.73 bits per heavy atom. The summed E-state index contributed by atoms with van der Waals surface area (Å²) < 4.78 is 4.90. The number of anilines is 1. The Bertz CT molecular complexity index is 618. The van der Waals surface area contributed by atoms with Crippen molar-refractivity contribution in [3.8, 4) is 0 Å². The Kier molecular flexibility index (Phi) is 8.35. The van der Waals surface area contributed by atoms with Crippen molar-refractivity contribution >= 4 is 29.1 Å². The van der Waals surface area contributed by atoms with Crippen molar-refractivity contribution in [3.63, 3.8) is 0 Å². The molecule has 1 fully saturated rings. The van der Waals surface area contributed by atoms with Gasteiger partial charge in [-0.3, -0.25) is 9.59 Å². The van der Waals surface area contributed by atoms with Gasteiger partial charge in [0, 0.05) is 25.8 Å². The molecule has 1 atom stereocenters. The van der Waals surface area contributed by atoms with Crippen LogP contribution in [0.5, 0.6) is 0 Å². The maximum absolute atomic E-state index is 12.3. The molecule has 1 aliphatic heterocycles. The van der Waals surface area contributed by atoms with Crippen molar-refractivity contribution in [2.45, 2.75) is 26.2 Å². The third-order valence-electron chi connectivity index (χ3n) is 4.79. The standard InChI is InChI=1S/C19H28ClN3O3/c1-13(14-5-7-21-8-6-14)11-18(24)23-15-3-4-16(17(20)12-15)19(25)22-9-10-26-2/h3-4,12-14,21H,5-11H2,1-2H3,(H,22,25)(H,23,24). The van der Waals surface area contributed by atoms with Crippen LogP contribution < -0.4 is 16.0 Å². The van der Waals surface area contributed by atoms with Crippen molar-refractivity contribution in [3.05, 3.63) is 28.8 Å². The van der Waals surface area contributed by atoms with Crippen LogP contribution in [0.15, 0.2) is 18.2 Å². The molecular weight excluding hydrogens is 354 g/mol. The summed E-state index contributed by atoms with van der Waals surface area (Å²) in [4.78, 5) is 24.4. The van der Waals surface area contributed by atoms with Crippen LogP contribution in [0, 0.1) is 11.8 Å². The van der Waals surface area contributed by atoms with Crippen LogP contribution in [0.25, 0.3) is 0 Å². The van der Waals surface area contributed by atoms with E-state index in [4.69, 9.17) is 16.3 Å². The van der Waals surface area contributed by atoms with Crippen molar-refractivity contribution in [1.82, 2.24) is 10.6 Å². The molecule has 7 heteroatoms. The van der Waals surface area contributed by atoms with E-state index in [0.717, 1.165) is 25.9 Å². The average Bonchev–Trinajstić information content (AvgIpc) is 2.62. The lowest BCUT2D eigenvalue weighted by molar-refractivity contribution is -0.117. The molecule has 2 amide bonds. The molecular formula is C19H28ClN3O3. The van der Waals surface area contributed by atoms with E-state index in [1.54, 1.807) is 25.3 Å². The fourth-order valence-corrected chi connectivity index (χ4v) is 3.49. The second kappa shape index (κ2) is 10.5. The van der Waals surface area contributed by atoms with Crippen molar-refractivity contribution in [1.29, 1.82) is 0 Å². The number of amides is 2. The van der Waals surface area contributed by atoms with E-state index in [-0.39, 0.29) is 11.8 Å². The van der Waals surface area contributed by atoms with Gasteiger partial charge in [-0.25, -0.2) is 0 Å². The number of rotatable bonds is 8. The molecule has 1 heterocycles. The second-order valence-corrected chi connectivity index (χ2v) is 7.17. The predicted molar refractivity (Wildman–Crippen MR) is 104 cm³/mol. The molecule has 0 radical (unpaired) electrons. The molecule has 0 aromatic heterocycles. The molecule has 1 aromatic rings. The van der Waals surface area contributed by atoms with Crippen LogP contribution in [-0.2, 0) is 9.53 Å². The van der Waals surface area contributed by atoms with Crippen LogP contribution in [0.4, 0.5) is 5.69 Å². The van der Waals surface area contributed by atoms with Crippen LogP contribution in [0.3, 0.4) is 0 Å². The quantitative estimate of drug-likeness (QED) is 0.605. The normalized spacial score (nSPS) is 16.1. The first-order valence-electron chi connectivity index (χ1n) is 9.08. The SMILES string of the molecule is COCCNC(=O)c1ccc(NC(=O)CC(C)C2CCNCC2)cc1Cl. The summed E-state index contributed by atoms with van der Waals surface area (Å²) in [6, 6.07) is 4.93. The summed E-state index contributed by atoms with van der Waals surface area (Å²) in [7, 11) is 1.57. The molecule has 0 aliphatic carbocycles. The fourth-order valence-electron chi connectivity index (χ4n) is 3.22. The van der Waals surface area contributed by atoms with E-state index in [1.807, 2.05) is 0 Å². The van der Waals surface area contributed by atoms with E-state index in [0.29, 0.717) is 47.7 Å². The highest BCUT2D eigenvalue weighted by Gasteiger charge is 2.22. The first-order valence-corrected chi connectivity index (χ1v) is 9.46. The van der Waals surface area contributed by atoms with Crippen molar-refractivity contribution < 1.29 is 14.3 Å². The number of carbonyl (C=O) groups is 2. The zero-order chi connectivity index (χ0) is 18.9. The lowest BCUT2D eigenvalue weighted by Crippen LogP contribution is -2.32. The van der Waals surface area contributed by atoms with Gasteiger partial charge in [0.05, 0.1) is 17.2 Å². The van der Waals surface area contributed by atoms with Gasteiger partial charge in [0.15, 0.2) is 0 Å². The number of ether oxygens (including phenoxy) is 1. The highest BCUT2D eigenvalue weighted by molar-refractivity contribution is 6.34. The molecule has 0 saturated carbocycles. The smallest absolute Gasteiger partial charge is 0.252 e. The molecule has 3 N–H and O–H groups in total. The van der Waals surface area contributed by atoms with Gasteiger partial charge in [0.1, 0.15) is 0 Å². The lowest BCUT2D eigenvalue weighted by atomic mass is 9.84. The Morgan fingerprint density at radius 1 is 1.35 bits per heavy atom. The van der Waals surface area contributed by atoms with E-state index in [1.165, 1.54) is 0 Å². The number of nitrogens with one attached hydrogen (secondary N) is 3. The summed E-state index contributed by atoms with van der Waals surface area (Å²) in [5.41, 5.74) is 0.981. The van der Waals surface area contributed by atoms with Gasteiger partial charge in [-0.1, -0.05) is 18.5 Å². The predicted octanol–water partition coefficient (Wildman–Crippen LogP) is 2.68. The largest absolute Gasteiger partial charge is 0.383 e.